The lowest BCUT2D eigenvalue weighted by molar-refractivity contribution is -0.176. The Morgan fingerprint density at radius 1 is 1.25 bits per heavy atom. The highest BCUT2D eigenvalue weighted by Gasteiger charge is 2.16. The van der Waals surface area contributed by atoms with E-state index in [0.29, 0.717) is 6.42 Å². The van der Waals surface area contributed by atoms with Gasteiger partial charge in [0.1, 0.15) is 0 Å². The molecule has 1 rings (SSSR count). The minimum Gasteiger partial charge on any atom is -0.435 e. The van der Waals surface area contributed by atoms with Crippen LogP contribution in [0.2, 0.25) is 0 Å². The number of methoxy groups -OCH3 is 1. The average molecular weight is 222 g/mol. The first-order valence-corrected chi connectivity index (χ1v) is 5.40. The molecule has 16 heavy (non-hydrogen) atoms. The molecule has 0 aliphatic heterocycles. The molecule has 3 nitrogen and oxygen atoms in total. The van der Waals surface area contributed by atoms with E-state index in [-0.39, 0.29) is 11.9 Å². The van der Waals surface area contributed by atoms with Crippen molar-refractivity contribution < 1.29 is 14.3 Å². The normalized spacial score (nSPS) is 12.5. The minimum absolute atomic E-state index is 0.131. The lowest BCUT2D eigenvalue weighted by Gasteiger charge is -2.17. The number of hydrogen-bond donors (Lipinski definition) is 0. The Kier molecular flexibility index (Phi) is 4.99. The summed E-state index contributed by atoms with van der Waals surface area (Å²) in [7, 11) is 1.54. The highest BCUT2D eigenvalue weighted by Crippen LogP contribution is 2.09. The third-order valence-electron chi connectivity index (χ3n) is 2.23. The molecule has 0 heterocycles. The Morgan fingerprint density at radius 2 is 1.88 bits per heavy atom. The van der Waals surface area contributed by atoms with Crippen LogP contribution in [0.1, 0.15) is 19.4 Å². The van der Waals surface area contributed by atoms with Gasteiger partial charge >= 0.3 is 5.97 Å². The number of carbonyl (C=O) groups is 1. The van der Waals surface area contributed by atoms with Gasteiger partial charge in [0.25, 0.3) is 0 Å². The molecule has 0 bridgehead atoms. The summed E-state index contributed by atoms with van der Waals surface area (Å²) in [5.74, 6) is -0.365. The SMILES string of the molecule is COC(Cc1ccccc1)OC(=O)C(C)C. The first-order valence-electron chi connectivity index (χ1n) is 5.40. The van der Waals surface area contributed by atoms with Crippen molar-refractivity contribution in [2.24, 2.45) is 5.92 Å². The highest BCUT2D eigenvalue weighted by atomic mass is 16.7. The smallest absolute Gasteiger partial charge is 0.310 e. The van der Waals surface area contributed by atoms with Crippen LogP contribution in [0.5, 0.6) is 0 Å². The van der Waals surface area contributed by atoms with Crippen LogP contribution in [0.25, 0.3) is 0 Å². The van der Waals surface area contributed by atoms with E-state index in [4.69, 9.17) is 9.47 Å². The Labute approximate surface area is 96.4 Å². The molecule has 1 atom stereocenters. The van der Waals surface area contributed by atoms with Gasteiger partial charge < -0.3 is 9.47 Å². The van der Waals surface area contributed by atoms with Crippen LogP contribution in [0, 0.1) is 5.92 Å². The molecule has 0 spiro atoms. The van der Waals surface area contributed by atoms with Crippen molar-refractivity contribution in [2.75, 3.05) is 7.11 Å². The van der Waals surface area contributed by atoms with E-state index >= 15 is 0 Å². The quantitative estimate of drug-likeness (QED) is 0.567. The van der Waals surface area contributed by atoms with Crippen LogP contribution >= 0.6 is 0 Å². The van der Waals surface area contributed by atoms with Crippen molar-refractivity contribution in [3.05, 3.63) is 35.9 Å². The molecule has 0 radical (unpaired) electrons. The molecule has 0 aliphatic carbocycles. The second kappa shape index (κ2) is 6.28. The molecule has 0 fully saturated rings. The Bertz CT molecular complexity index is 319. The van der Waals surface area contributed by atoms with E-state index < -0.39 is 6.29 Å². The molecule has 0 amide bonds. The maximum atomic E-state index is 11.4. The van der Waals surface area contributed by atoms with Crippen LogP contribution in [0.3, 0.4) is 0 Å². The van der Waals surface area contributed by atoms with Crippen molar-refractivity contribution in [3.63, 3.8) is 0 Å². The third-order valence-corrected chi connectivity index (χ3v) is 2.23. The molecular formula is C13H18O3. The van der Waals surface area contributed by atoms with Gasteiger partial charge in [-0.15, -0.1) is 0 Å². The van der Waals surface area contributed by atoms with Crippen LogP contribution < -0.4 is 0 Å². The number of carbonyl (C=O) groups excluding carboxylic acids is 1. The van der Waals surface area contributed by atoms with Crippen LogP contribution in [0.4, 0.5) is 0 Å². The summed E-state index contributed by atoms with van der Waals surface area (Å²) in [6.07, 6.45) is 0.0767. The Morgan fingerprint density at radius 3 is 2.38 bits per heavy atom. The predicted molar refractivity (Wildman–Crippen MR) is 61.9 cm³/mol. The number of ether oxygens (including phenoxy) is 2. The molecule has 0 aliphatic rings. The standard InChI is InChI=1S/C13H18O3/c1-10(2)13(14)16-12(15-3)9-11-7-5-4-6-8-11/h4-8,10,12H,9H2,1-3H3. The topological polar surface area (TPSA) is 35.5 Å². The van der Waals surface area contributed by atoms with Gasteiger partial charge in [0, 0.05) is 13.5 Å². The zero-order chi connectivity index (χ0) is 12.0. The van der Waals surface area contributed by atoms with Gasteiger partial charge in [-0.05, 0) is 5.56 Å². The Balaban J connectivity index is 2.53. The molecule has 3 heteroatoms. The van der Waals surface area contributed by atoms with E-state index in [1.807, 2.05) is 30.3 Å². The zero-order valence-corrected chi connectivity index (χ0v) is 9.97. The molecule has 1 aromatic carbocycles. The summed E-state index contributed by atoms with van der Waals surface area (Å²) in [5, 5.41) is 0. The van der Waals surface area contributed by atoms with Crippen molar-refractivity contribution in [3.8, 4) is 0 Å². The molecule has 0 saturated heterocycles. The molecule has 0 N–H and O–H groups in total. The van der Waals surface area contributed by atoms with E-state index in [1.54, 1.807) is 21.0 Å². The molecular weight excluding hydrogens is 204 g/mol. The fourth-order valence-corrected chi connectivity index (χ4v) is 1.25. The molecule has 1 unspecified atom stereocenters. The fraction of sp³-hybridized carbons (Fsp3) is 0.462. The summed E-state index contributed by atoms with van der Waals surface area (Å²) >= 11 is 0. The van der Waals surface area contributed by atoms with E-state index in [9.17, 15) is 4.79 Å². The number of benzene rings is 1. The van der Waals surface area contributed by atoms with Crippen molar-refractivity contribution in [1.82, 2.24) is 0 Å². The van der Waals surface area contributed by atoms with E-state index in [0.717, 1.165) is 5.56 Å². The monoisotopic (exact) mass is 222 g/mol. The number of esters is 1. The average Bonchev–Trinajstić information content (AvgIpc) is 2.29. The van der Waals surface area contributed by atoms with Gasteiger partial charge in [0.15, 0.2) is 0 Å². The van der Waals surface area contributed by atoms with Gasteiger partial charge in [-0.2, -0.15) is 0 Å². The molecule has 88 valence electrons. The predicted octanol–water partition coefficient (Wildman–Crippen LogP) is 2.40. The largest absolute Gasteiger partial charge is 0.435 e. The second-order valence-electron chi connectivity index (χ2n) is 3.95. The number of hydrogen-bond acceptors (Lipinski definition) is 3. The maximum Gasteiger partial charge on any atom is 0.310 e. The van der Waals surface area contributed by atoms with Crippen LogP contribution in [0.15, 0.2) is 30.3 Å². The first kappa shape index (κ1) is 12.7. The van der Waals surface area contributed by atoms with Gasteiger partial charge in [-0.1, -0.05) is 44.2 Å². The summed E-state index contributed by atoms with van der Waals surface area (Å²) in [4.78, 5) is 11.4. The summed E-state index contributed by atoms with van der Waals surface area (Å²) < 4.78 is 10.3. The van der Waals surface area contributed by atoms with Crippen molar-refractivity contribution >= 4 is 5.97 Å². The molecule has 0 saturated carbocycles. The maximum absolute atomic E-state index is 11.4. The van der Waals surface area contributed by atoms with Crippen LogP contribution in [-0.2, 0) is 20.7 Å². The second-order valence-corrected chi connectivity index (χ2v) is 3.95. The summed E-state index contributed by atoms with van der Waals surface area (Å²) in [5.41, 5.74) is 1.09. The molecule has 1 aromatic rings. The fourth-order valence-electron chi connectivity index (χ4n) is 1.25. The minimum atomic E-state index is -0.502. The van der Waals surface area contributed by atoms with E-state index in [1.165, 1.54) is 0 Å². The van der Waals surface area contributed by atoms with Gasteiger partial charge in [-0.3, -0.25) is 4.79 Å². The molecule has 0 aromatic heterocycles. The summed E-state index contributed by atoms with van der Waals surface area (Å²) in [6.45, 7) is 3.61. The Hall–Kier alpha value is -1.35. The van der Waals surface area contributed by atoms with Gasteiger partial charge in [0.2, 0.25) is 6.29 Å². The third kappa shape index (κ3) is 4.03. The first-order chi connectivity index (χ1) is 7.63. The van der Waals surface area contributed by atoms with Gasteiger partial charge in [-0.25, -0.2) is 0 Å². The van der Waals surface area contributed by atoms with Crippen molar-refractivity contribution in [2.45, 2.75) is 26.6 Å². The lowest BCUT2D eigenvalue weighted by Crippen LogP contribution is -2.25. The van der Waals surface area contributed by atoms with Crippen molar-refractivity contribution in [1.29, 1.82) is 0 Å². The summed E-state index contributed by atoms with van der Waals surface area (Å²) in [6, 6.07) is 9.81. The lowest BCUT2D eigenvalue weighted by atomic mass is 10.1. The number of rotatable bonds is 5. The zero-order valence-electron chi connectivity index (χ0n) is 9.97. The van der Waals surface area contributed by atoms with Crippen LogP contribution in [-0.4, -0.2) is 19.4 Å². The highest BCUT2D eigenvalue weighted by molar-refractivity contribution is 5.71. The van der Waals surface area contributed by atoms with Gasteiger partial charge in [0.05, 0.1) is 5.92 Å². The van der Waals surface area contributed by atoms with E-state index in [2.05, 4.69) is 0 Å².